The number of halogens is 1. The third kappa shape index (κ3) is 1.30. The van der Waals surface area contributed by atoms with Crippen LogP contribution in [0.1, 0.15) is 21.5 Å². The monoisotopic (exact) mass is 258 g/mol. The van der Waals surface area contributed by atoms with Crippen LogP contribution in [0.15, 0.2) is 48.5 Å². The molecule has 1 aliphatic rings. The smallest absolute Gasteiger partial charge is 0.180 e. The predicted molar refractivity (Wildman–Crippen MR) is 70.1 cm³/mol. The molecule has 0 aliphatic heterocycles. The molecular weight excluding hydrogens is 248 g/mol. The van der Waals surface area contributed by atoms with Crippen LogP contribution in [0.2, 0.25) is 5.02 Å². The van der Waals surface area contributed by atoms with Gasteiger partial charge in [-0.05, 0) is 29.3 Å². The van der Waals surface area contributed by atoms with Gasteiger partial charge >= 0.3 is 0 Å². The maximum absolute atomic E-state index is 12.3. The first kappa shape index (κ1) is 11.5. The van der Waals surface area contributed by atoms with Gasteiger partial charge in [0, 0.05) is 10.6 Å². The molecule has 1 atom stereocenters. The molecule has 2 aromatic carbocycles. The van der Waals surface area contributed by atoms with Crippen LogP contribution in [-0.2, 0) is 5.41 Å². The number of Topliss-reactive ketones (excluding diaryl/α,β-unsaturated/α-hetero) is 1. The molecule has 3 heteroatoms. The first-order chi connectivity index (χ1) is 8.70. The molecule has 1 aliphatic carbocycles. The lowest BCUT2D eigenvalue weighted by atomic mass is 9.60. The van der Waals surface area contributed by atoms with Gasteiger partial charge in [0.1, 0.15) is 5.41 Å². The molecule has 0 saturated carbocycles. The molecule has 0 aromatic heterocycles. The number of hydrogen-bond acceptors (Lipinski definition) is 2. The first-order valence-electron chi connectivity index (χ1n) is 5.71. The Morgan fingerprint density at radius 3 is 2.50 bits per heavy atom. The SMILES string of the molecule is O=C1c2ccc(Cl)cc2[C@]1(CO)c1ccccc1. The molecular formula is C15H11ClO2. The maximum Gasteiger partial charge on any atom is 0.180 e. The minimum Gasteiger partial charge on any atom is -0.395 e. The van der Waals surface area contributed by atoms with Crippen molar-refractivity contribution in [2.45, 2.75) is 5.41 Å². The van der Waals surface area contributed by atoms with Gasteiger partial charge in [0.15, 0.2) is 5.78 Å². The number of aliphatic hydroxyl groups is 1. The highest BCUT2D eigenvalue weighted by Gasteiger charge is 2.52. The molecule has 0 bridgehead atoms. The fraction of sp³-hybridized carbons (Fsp3) is 0.133. The fourth-order valence-electron chi connectivity index (χ4n) is 2.61. The maximum atomic E-state index is 12.3. The summed E-state index contributed by atoms with van der Waals surface area (Å²) in [6.45, 7) is -0.233. The third-order valence-electron chi connectivity index (χ3n) is 3.58. The molecule has 18 heavy (non-hydrogen) atoms. The van der Waals surface area contributed by atoms with E-state index in [1.54, 1.807) is 18.2 Å². The summed E-state index contributed by atoms with van der Waals surface area (Å²) in [5, 5.41) is 10.3. The number of carbonyl (C=O) groups excluding carboxylic acids is 1. The molecule has 0 spiro atoms. The minimum atomic E-state index is -0.929. The van der Waals surface area contributed by atoms with Crippen molar-refractivity contribution in [1.29, 1.82) is 0 Å². The van der Waals surface area contributed by atoms with Crippen molar-refractivity contribution < 1.29 is 9.90 Å². The van der Waals surface area contributed by atoms with Crippen LogP contribution in [0.25, 0.3) is 0 Å². The number of carbonyl (C=O) groups is 1. The second-order valence-corrected chi connectivity index (χ2v) is 4.88. The van der Waals surface area contributed by atoms with Crippen molar-refractivity contribution in [3.63, 3.8) is 0 Å². The number of fused-ring (bicyclic) bond motifs is 1. The number of aliphatic hydroxyl groups excluding tert-OH is 1. The second-order valence-electron chi connectivity index (χ2n) is 4.45. The molecule has 3 rings (SSSR count). The molecule has 2 nitrogen and oxygen atoms in total. The zero-order valence-corrected chi connectivity index (χ0v) is 10.3. The van der Waals surface area contributed by atoms with Crippen molar-refractivity contribution >= 4 is 17.4 Å². The number of ketones is 1. The summed E-state index contributed by atoms with van der Waals surface area (Å²) < 4.78 is 0. The van der Waals surface area contributed by atoms with E-state index in [0.717, 1.165) is 11.1 Å². The molecule has 0 heterocycles. The zero-order valence-electron chi connectivity index (χ0n) is 9.56. The van der Waals surface area contributed by atoms with E-state index in [4.69, 9.17) is 11.6 Å². The van der Waals surface area contributed by atoms with E-state index >= 15 is 0 Å². The zero-order chi connectivity index (χ0) is 12.8. The van der Waals surface area contributed by atoms with E-state index in [0.29, 0.717) is 10.6 Å². The van der Waals surface area contributed by atoms with Crippen molar-refractivity contribution in [2.24, 2.45) is 0 Å². The summed E-state index contributed by atoms with van der Waals surface area (Å²) in [6.07, 6.45) is 0. The summed E-state index contributed by atoms with van der Waals surface area (Å²) in [4.78, 5) is 12.3. The molecule has 0 unspecified atom stereocenters. The van der Waals surface area contributed by atoms with Crippen molar-refractivity contribution in [2.75, 3.05) is 6.61 Å². The van der Waals surface area contributed by atoms with Gasteiger partial charge in [-0.3, -0.25) is 4.79 Å². The molecule has 0 amide bonds. The molecule has 0 saturated heterocycles. The summed E-state index contributed by atoms with van der Waals surface area (Å²) in [5.41, 5.74) is 1.35. The van der Waals surface area contributed by atoms with Gasteiger partial charge in [-0.25, -0.2) is 0 Å². The first-order valence-corrected chi connectivity index (χ1v) is 6.09. The van der Waals surface area contributed by atoms with Crippen LogP contribution < -0.4 is 0 Å². The van der Waals surface area contributed by atoms with Gasteiger partial charge in [-0.2, -0.15) is 0 Å². The lowest BCUT2D eigenvalue weighted by Gasteiger charge is -2.41. The van der Waals surface area contributed by atoms with Crippen LogP contribution in [0.5, 0.6) is 0 Å². The van der Waals surface area contributed by atoms with Crippen LogP contribution in [0.3, 0.4) is 0 Å². The standard InChI is InChI=1S/C15H11ClO2/c16-11-6-7-12-13(8-11)15(9-17,14(12)18)10-4-2-1-3-5-10/h1-8,17H,9H2/t15-/m0/s1. The third-order valence-corrected chi connectivity index (χ3v) is 3.81. The van der Waals surface area contributed by atoms with Crippen LogP contribution >= 0.6 is 11.6 Å². The van der Waals surface area contributed by atoms with Gasteiger partial charge in [0.2, 0.25) is 0 Å². The Bertz CT molecular complexity index is 622. The van der Waals surface area contributed by atoms with Crippen molar-refractivity contribution in [1.82, 2.24) is 0 Å². The largest absolute Gasteiger partial charge is 0.395 e. The summed E-state index contributed by atoms with van der Waals surface area (Å²) in [5.74, 6) is -0.0390. The highest BCUT2D eigenvalue weighted by Crippen LogP contribution is 2.46. The summed E-state index contributed by atoms with van der Waals surface area (Å²) in [6, 6.07) is 14.5. The quantitative estimate of drug-likeness (QED) is 0.899. The van der Waals surface area contributed by atoms with E-state index < -0.39 is 5.41 Å². The van der Waals surface area contributed by atoms with E-state index in [2.05, 4.69) is 0 Å². The molecule has 2 aromatic rings. The predicted octanol–water partition coefficient (Wildman–Crippen LogP) is 2.81. The van der Waals surface area contributed by atoms with Crippen LogP contribution in [-0.4, -0.2) is 17.5 Å². The topological polar surface area (TPSA) is 37.3 Å². The van der Waals surface area contributed by atoms with Crippen LogP contribution in [0.4, 0.5) is 0 Å². The summed E-state index contributed by atoms with van der Waals surface area (Å²) in [7, 11) is 0. The van der Waals surface area contributed by atoms with Crippen LogP contribution in [0, 0.1) is 0 Å². The van der Waals surface area contributed by atoms with E-state index in [1.807, 2.05) is 30.3 Å². The normalized spacial score (nSPS) is 21.3. The Balaban J connectivity index is 2.24. The van der Waals surface area contributed by atoms with Gasteiger partial charge in [0.25, 0.3) is 0 Å². The average molecular weight is 259 g/mol. The highest BCUT2D eigenvalue weighted by molar-refractivity contribution is 6.31. The average Bonchev–Trinajstić information content (AvgIpc) is 2.41. The number of benzene rings is 2. The van der Waals surface area contributed by atoms with E-state index in [-0.39, 0.29) is 12.4 Å². The Morgan fingerprint density at radius 2 is 1.83 bits per heavy atom. The molecule has 1 N–H and O–H groups in total. The Labute approximate surface area is 110 Å². The lowest BCUT2D eigenvalue weighted by Crippen LogP contribution is -2.50. The number of hydrogen-bond donors (Lipinski definition) is 1. The van der Waals surface area contributed by atoms with Gasteiger partial charge in [-0.1, -0.05) is 41.9 Å². The fourth-order valence-corrected chi connectivity index (χ4v) is 2.79. The lowest BCUT2D eigenvalue weighted by molar-refractivity contribution is 0.0793. The Kier molecular flexibility index (Phi) is 2.51. The summed E-state index contributed by atoms with van der Waals surface area (Å²) >= 11 is 5.98. The number of rotatable bonds is 2. The van der Waals surface area contributed by atoms with Crippen molar-refractivity contribution in [3.05, 3.63) is 70.2 Å². The van der Waals surface area contributed by atoms with Gasteiger partial charge in [0.05, 0.1) is 6.61 Å². The second kappa shape index (κ2) is 3.94. The van der Waals surface area contributed by atoms with Crippen molar-refractivity contribution in [3.8, 4) is 0 Å². The van der Waals surface area contributed by atoms with E-state index in [9.17, 15) is 9.90 Å². The Hall–Kier alpha value is -1.64. The highest BCUT2D eigenvalue weighted by atomic mass is 35.5. The molecule has 0 fully saturated rings. The van der Waals surface area contributed by atoms with Gasteiger partial charge in [-0.15, -0.1) is 0 Å². The molecule has 0 radical (unpaired) electrons. The Morgan fingerprint density at radius 1 is 1.11 bits per heavy atom. The molecule has 90 valence electrons. The minimum absolute atomic E-state index is 0.0390. The van der Waals surface area contributed by atoms with E-state index in [1.165, 1.54) is 0 Å². The van der Waals surface area contributed by atoms with Gasteiger partial charge < -0.3 is 5.11 Å².